The van der Waals surface area contributed by atoms with Gasteiger partial charge in [0, 0.05) is 4.88 Å². The highest BCUT2D eigenvalue weighted by molar-refractivity contribution is 7.18. The second kappa shape index (κ2) is 12.3. The quantitative estimate of drug-likeness (QED) is 0.430. The first kappa shape index (κ1) is 24.7. The van der Waals surface area contributed by atoms with Gasteiger partial charge in [0.25, 0.3) is 5.91 Å². The number of hydrogen-bond acceptors (Lipinski definition) is 7. The first-order valence-electron chi connectivity index (χ1n) is 10.6. The Labute approximate surface area is 200 Å². The molecule has 3 aromatic rings. The molecule has 0 unspecified atom stereocenters. The van der Waals surface area contributed by atoms with Gasteiger partial charge in [-0.1, -0.05) is 60.7 Å². The van der Waals surface area contributed by atoms with Crippen LogP contribution in [0, 0.1) is 0 Å². The first-order chi connectivity index (χ1) is 16.5. The number of ether oxygens (including phenoxy) is 2. The molecule has 0 saturated carbocycles. The van der Waals surface area contributed by atoms with Gasteiger partial charge in [-0.25, -0.2) is 4.79 Å². The van der Waals surface area contributed by atoms with Crippen molar-refractivity contribution in [3.63, 3.8) is 0 Å². The summed E-state index contributed by atoms with van der Waals surface area (Å²) in [4.78, 5) is 49.6. The van der Waals surface area contributed by atoms with Crippen molar-refractivity contribution in [2.24, 2.45) is 0 Å². The van der Waals surface area contributed by atoms with Crippen molar-refractivity contribution in [3.05, 3.63) is 77.2 Å². The zero-order valence-electron chi connectivity index (χ0n) is 18.5. The zero-order chi connectivity index (χ0) is 24.3. The largest absolute Gasteiger partial charge is 0.462 e. The molecule has 3 rings (SSSR count). The summed E-state index contributed by atoms with van der Waals surface area (Å²) >= 11 is 1.19. The molecule has 0 spiro atoms. The van der Waals surface area contributed by atoms with Crippen LogP contribution in [0.2, 0.25) is 0 Å². The lowest BCUT2D eigenvalue weighted by molar-refractivity contribution is -0.147. The van der Waals surface area contributed by atoms with Crippen molar-refractivity contribution in [1.29, 1.82) is 0 Å². The molecule has 1 heterocycles. The van der Waals surface area contributed by atoms with E-state index in [0.29, 0.717) is 0 Å². The Kier molecular flexibility index (Phi) is 8.93. The topological polar surface area (TPSA) is 111 Å². The fourth-order valence-corrected chi connectivity index (χ4v) is 3.99. The van der Waals surface area contributed by atoms with Crippen LogP contribution in [0.1, 0.15) is 22.2 Å². The molecule has 34 heavy (non-hydrogen) atoms. The van der Waals surface area contributed by atoms with Crippen LogP contribution in [0.5, 0.6) is 0 Å². The number of rotatable bonds is 10. The van der Waals surface area contributed by atoms with Gasteiger partial charge < -0.3 is 20.1 Å². The molecule has 8 nitrogen and oxygen atoms in total. The number of anilines is 1. The molecule has 2 amide bonds. The molecule has 0 fully saturated rings. The maximum Gasteiger partial charge on any atom is 0.350 e. The normalized spacial score (nSPS) is 10.3. The molecular formula is C25H24N2O6S. The third-order valence-electron chi connectivity index (χ3n) is 4.53. The van der Waals surface area contributed by atoms with Crippen LogP contribution in [0.3, 0.4) is 0 Å². The first-order valence-corrected chi connectivity index (χ1v) is 11.4. The number of hydrogen-bond donors (Lipinski definition) is 2. The number of amides is 2. The number of nitrogens with one attached hydrogen (secondary N) is 2. The number of benzene rings is 2. The monoisotopic (exact) mass is 480 g/mol. The SMILES string of the molecule is CCOC(=O)c1sc(-c2ccccc2)cc1NC(=O)COC(=O)CNC(=O)Cc1ccccc1. The molecule has 0 radical (unpaired) electrons. The summed E-state index contributed by atoms with van der Waals surface area (Å²) in [5.41, 5.74) is 1.98. The molecular weight excluding hydrogens is 456 g/mol. The molecule has 1 aromatic heterocycles. The van der Waals surface area contributed by atoms with E-state index in [2.05, 4.69) is 10.6 Å². The highest BCUT2D eigenvalue weighted by Gasteiger charge is 2.20. The van der Waals surface area contributed by atoms with Gasteiger partial charge >= 0.3 is 11.9 Å². The molecule has 0 aliphatic carbocycles. The molecule has 0 saturated heterocycles. The smallest absolute Gasteiger partial charge is 0.350 e. The van der Waals surface area contributed by atoms with Crippen molar-refractivity contribution in [2.45, 2.75) is 13.3 Å². The van der Waals surface area contributed by atoms with E-state index < -0.39 is 24.5 Å². The minimum Gasteiger partial charge on any atom is -0.462 e. The van der Waals surface area contributed by atoms with Crippen LogP contribution in [-0.4, -0.2) is 43.5 Å². The van der Waals surface area contributed by atoms with Gasteiger partial charge in [-0.2, -0.15) is 0 Å². The van der Waals surface area contributed by atoms with Crippen LogP contribution >= 0.6 is 11.3 Å². The molecule has 176 valence electrons. The second-order valence-electron chi connectivity index (χ2n) is 7.09. The maximum atomic E-state index is 12.4. The van der Waals surface area contributed by atoms with E-state index in [1.54, 1.807) is 25.1 Å². The summed E-state index contributed by atoms with van der Waals surface area (Å²) in [6.45, 7) is 0.966. The van der Waals surface area contributed by atoms with Crippen molar-refractivity contribution in [1.82, 2.24) is 5.32 Å². The zero-order valence-corrected chi connectivity index (χ0v) is 19.4. The number of esters is 2. The molecule has 0 aliphatic rings. The van der Waals surface area contributed by atoms with Crippen LogP contribution in [0.25, 0.3) is 10.4 Å². The van der Waals surface area contributed by atoms with E-state index in [-0.39, 0.29) is 36.0 Å². The summed E-state index contributed by atoms with van der Waals surface area (Å²) in [6.07, 6.45) is 0.132. The predicted octanol–water partition coefficient (Wildman–Crippen LogP) is 3.43. The third-order valence-corrected chi connectivity index (χ3v) is 5.69. The van der Waals surface area contributed by atoms with Crippen molar-refractivity contribution < 1.29 is 28.7 Å². The van der Waals surface area contributed by atoms with Gasteiger partial charge in [0.1, 0.15) is 11.4 Å². The van der Waals surface area contributed by atoms with Gasteiger partial charge in [0.15, 0.2) is 6.61 Å². The lowest BCUT2D eigenvalue weighted by Crippen LogP contribution is -2.33. The lowest BCUT2D eigenvalue weighted by Gasteiger charge is -2.08. The predicted molar refractivity (Wildman–Crippen MR) is 128 cm³/mol. The Bertz CT molecular complexity index is 1140. The summed E-state index contributed by atoms with van der Waals surface area (Å²) in [7, 11) is 0. The average molecular weight is 481 g/mol. The van der Waals surface area contributed by atoms with Crippen molar-refractivity contribution >= 4 is 40.8 Å². The number of carbonyl (C=O) groups excluding carboxylic acids is 4. The van der Waals surface area contributed by atoms with E-state index >= 15 is 0 Å². The highest BCUT2D eigenvalue weighted by Crippen LogP contribution is 2.35. The van der Waals surface area contributed by atoms with Crippen LogP contribution in [0.4, 0.5) is 5.69 Å². The molecule has 0 atom stereocenters. The minimum atomic E-state index is -0.752. The van der Waals surface area contributed by atoms with Gasteiger partial charge in [-0.15, -0.1) is 11.3 Å². The molecule has 9 heteroatoms. The molecule has 0 aliphatic heterocycles. The molecule has 0 bridgehead atoms. The summed E-state index contributed by atoms with van der Waals surface area (Å²) < 4.78 is 10.0. The maximum absolute atomic E-state index is 12.4. The lowest BCUT2D eigenvalue weighted by atomic mass is 10.1. The van der Waals surface area contributed by atoms with Gasteiger partial charge in [0.2, 0.25) is 5.91 Å². The summed E-state index contributed by atoms with van der Waals surface area (Å²) in [5, 5.41) is 5.06. The molecule has 2 N–H and O–H groups in total. The second-order valence-corrected chi connectivity index (χ2v) is 8.14. The van der Waals surface area contributed by atoms with E-state index in [0.717, 1.165) is 16.0 Å². The van der Waals surface area contributed by atoms with Gasteiger partial charge in [-0.05, 0) is 24.1 Å². The fraction of sp³-hybridized carbons (Fsp3) is 0.200. The van der Waals surface area contributed by atoms with E-state index in [4.69, 9.17) is 9.47 Å². The fourth-order valence-electron chi connectivity index (χ4n) is 2.97. The number of thiophene rings is 1. The van der Waals surface area contributed by atoms with E-state index in [1.165, 1.54) is 11.3 Å². The molecule has 2 aromatic carbocycles. The van der Waals surface area contributed by atoms with Crippen molar-refractivity contribution in [3.8, 4) is 10.4 Å². The van der Waals surface area contributed by atoms with Crippen LogP contribution in [0.15, 0.2) is 66.7 Å². The van der Waals surface area contributed by atoms with Crippen molar-refractivity contribution in [2.75, 3.05) is 25.1 Å². The standard InChI is InChI=1S/C25H24N2O6S/c1-2-32-25(31)24-19(14-20(34-24)18-11-7-4-8-12-18)27-22(29)16-33-23(30)15-26-21(28)13-17-9-5-3-6-10-17/h3-12,14H,2,13,15-16H2,1H3,(H,26,28)(H,27,29). The van der Waals surface area contributed by atoms with Crippen LogP contribution < -0.4 is 10.6 Å². The Balaban J connectivity index is 1.53. The highest BCUT2D eigenvalue weighted by atomic mass is 32.1. The Morgan fingerprint density at radius 2 is 1.56 bits per heavy atom. The minimum absolute atomic E-state index is 0.132. The van der Waals surface area contributed by atoms with E-state index in [9.17, 15) is 19.2 Å². The van der Waals surface area contributed by atoms with Gasteiger partial charge in [-0.3, -0.25) is 14.4 Å². The number of carbonyl (C=O) groups is 4. The van der Waals surface area contributed by atoms with Crippen LogP contribution in [-0.2, 0) is 30.3 Å². The average Bonchev–Trinajstić information content (AvgIpc) is 3.26. The Morgan fingerprint density at radius 3 is 2.24 bits per heavy atom. The van der Waals surface area contributed by atoms with E-state index in [1.807, 2.05) is 48.5 Å². The summed E-state index contributed by atoms with van der Waals surface area (Å²) in [6, 6.07) is 20.2. The Morgan fingerprint density at radius 1 is 0.882 bits per heavy atom. The van der Waals surface area contributed by atoms with Gasteiger partial charge in [0.05, 0.1) is 18.7 Å². The summed E-state index contributed by atoms with van der Waals surface area (Å²) in [5.74, 6) is -2.26. The third kappa shape index (κ3) is 7.28. The Hall–Kier alpha value is -3.98.